The SMILES string of the molecule is O=C(Nc1ccccc1)N1CCN(C(=O)c2cc3cc([N+](=O)[O-])ccc3s2)CC1. The Morgan fingerprint density at radius 1 is 0.966 bits per heavy atom. The molecule has 1 aliphatic heterocycles. The normalized spacial score (nSPS) is 14.1. The number of para-hydroxylation sites is 1. The number of carbonyl (C=O) groups is 2. The van der Waals surface area contributed by atoms with Crippen molar-refractivity contribution in [1.82, 2.24) is 9.80 Å². The first-order chi connectivity index (χ1) is 14.0. The van der Waals surface area contributed by atoms with Crippen molar-refractivity contribution in [2.75, 3.05) is 31.5 Å². The smallest absolute Gasteiger partial charge is 0.321 e. The second-order valence-corrected chi connectivity index (χ2v) is 7.75. The molecule has 29 heavy (non-hydrogen) atoms. The van der Waals surface area contributed by atoms with Crippen molar-refractivity contribution in [3.63, 3.8) is 0 Å². The van der Waals surface area contributed by atoms with Crippen molar-refractivity contribution >= 4 is 44.7 Å². The minimum absolute atomic E-state index is 0.00680. The predicted molar refractivity (Wildman–Crippen MR) is 111 cm³/mol. The number of non-ortho nitro benzene ring substituents is 1. The summed E-state index contributed by atoms with van der Waals surface area (Å²) in [6.45, 7) is 1.77. The fraction of sp³-hybridized carbons (Fsp3) is 0.200. The van der Waals surface area contributed by atoms with Gasteiger partial charge in [-0.1, -0.05) is 18.2 Å². The molecule has 148 valence electrons. The van der Waals surface area contributed by atoms with E-state index in [-0.39, 0.29) is 17.6 Å². The standard InChI is InChI=1S/C20H18N4O4S/c25-19(18-13-14-12-16(24(27)28)6-7-17(14)29-18)22-8-10-23(11-9-22)20(26)21-15-4-2-1-3-5-15/h1-7,12-13H,8-11H2,(H,21,26). The molecule has 1 N–H and O–H groups in total. The first-order valence-electron chi connectivity index (χ1n) is 9.09. The maximum absolute atomic E-state index is 12.8. The Morgan fingerprint density at radius 3 is 2.34 bits per heavy atom. The number of nitro groups is 1. The summed E-state index contributed by atoms with van der Waals surface area (Å²) in [5, 5.41) is 14.5. The highest BCUT2D eigenvalue weighted by molar-refractivity contribution is 7.20. The summed E-state index contributed by atoms with van der Waals surface area (Å²) in [5.41, 5.74) is 0.739. The van der Waals surface area contributed by atoms with Crippen molar-refractivity contribution in [3.05, 3.63) is 69.6 Å². The molecule has 0 spiro atoms. The molecule has 0 unspecified atom stereocenters. The van der Waals surface area contributed by atoms with Crippen LogP contribution in [0.1, 0.15) is 9.67 Å². The van der Waals surface area contributed by atoms with Crippen LogP contribution in [0, 0.1) is 10.1 Å². The molecule has 3 aromatic rings. The Labute approximate surface area is 170 Å². The van der Waals surface area contributed by atoms with Crippen LogP contribution in [0.15, 0.2) is 54.6 Å². The van der Waals surface area contributed by atoms with Crippen LogP contribution in [0.2, 0.25) is 0 Å². The van der Waals surface area contributed by atoms with E-state index in [2.05, 4.69) is 5.32 Å². The van der Waals surface area contributed by atoms with Crippen LogP contribution in [0.5, 0.6) is 0 Å². The number of nitrogens with zero attached hydrogens (tertiary/aromatic N) is 3. The number of urea groups is 1. The van der Waals surface area contributed by atoms with Crippen molar-refractivity contribution in [2.24, 2.45) is 0 Å². The molecule has 0 radical (unpaired) electrons. The summed E-state index contributed by atoms with van der Waals surface area (Å²) in [5.74, 6) is -0.114. The van der Waals surface area contributed by atoms with Gasteiger partial charge in [0, 0.05) is 54.1 Å². The highest BCUT2D eigenvalue weighted by atomic mass is 32.1. The molecule has 1 aliphatic rings. The number of amides is 3. The summed E-state index contributed by atoms with van der Waals surface area (Å²) in [6, 6.07) is 15.3. The van der Waals surface area contributed by atoms with Gasteiger partial charge in [0.2, 0.25) is 0 Å². The van der Waals surface area contributed by atoms with E-state index < -0.39 is 4.92 Å². The predicted octanol–water partition coefficient (Wildman–Crippen LogP) is 3.80. The van der Waals surface area contributed by atoms with Crippen LogP contribution in [0.25, 0.3) is 10.1 Å². The summed E-state index contributed by atoms with van der Waals surface area (Å²) < 4.78 is 0.833. The van der Waals surface area contributed by atoms with E-state index in [9.17, 15) is 19.7 Å². The monoisotopic (exact) mass is 410 g/mol. The summed E-state index contributed by atoms with van der Waals surface area (Å²) in [7, 11) is 0. The topological polar surface area (TPSA) is 95.8 Å². The van der Waals surface area contributed by atoms with Gasteiger partial charge in [0.1, 0.15) is 0 Å². The van der Waals surface area contributed by atoms with E-state index in [0.29, 0.717) is 36.4 Å². The number of carbonyl (C=O) groups excluding carboxylic acids is 2. The second-order valence-electron chi connectivity index (χ2n) is 6.67. The van der Waals surface area contributed by atoms with Crippen LogP contribution >= 0.6 is 11.3 Å². The zero-order valence-electron chi connectivity index (χ0n) is 15.4. The van der Waals surface area contributed by atoms with Gasteiger partial charge in [-0.3, -0.25) is 14.9 Å². The van der Waals surface area contributed by atoms with E-state index in [1.165, 1.54) is 23.5 Å². The van der Waals surface area contributed by atoms with Crippen LogP contribution in [0.3, 0.4) is 0 Å². The molecular weight excluding hydrogens is 392 g/mol. The molecule has 0 atom stereocenters. The molecule has 0 saturated carbocycles. The van der Waals surface area contributed by atoms with E-state index in [1.807, 2.05) is 30.3 Å². The van der Waals surface area contributed by atoms with Crippen LogP contribution in [0.4, 0.5) is 16.2 Å². The number of piperazine rings is 1. The lowest BCUT2D eigenvalue weighted by molar-refractivity contribution is -0.384. The van der Waals surface area contributed by atoms with E-state index in [4.69, 9.17) is 0 Å². The maximum atomic E-state index is 12.8. The largest absolute Gasteiger partial charge is 0.334 e. The van der Waals surface area contributed by atoms with Crippen molar-refractivity contribution in [2.45, 2.75) is 0 Å². The fourth-order valence-corrected chi connectivity index (χ4v) is 4.25. The molecule has 9 heteroatoms. The lowest BCUT2D eigenvalue weighted by atomic mass is 10.2. The van der Waals surface area contributed by atoms with Crippen molar-refractivity contribution in [3.8, 4) is 0 Å². The minimum atomic E-state index is -0.446. The third kappa shape index (κ3) is 4.04. The summed E-state index contributed by atoms with van der Waals surface area (Å²) in [4.78, 5) is 39.6. The highest BCUT2D eigenvalue weighted by Gasteiger charge is 2.26. The molecule has 2 heterocycles. The zero-order chi connectivity index (χ0) is 20.4. The number of hydrogen-bond donors (Lipinski definition) is 1. The molecule has 4 rings (SSSR count). The van der Waals surface area contributed by atoms with Gasteiger partial charge < -0.3 is 15.1 Å². The summed E-state index contributed by atoms with van der Waals surface area (Å²) >= 11 is 1.32. The van der Waals surface area contributed by atoms with Gasteiger partial charge in [-0.25, -0.2) is 4.79 Å². The molecular formula is C20H18N4O4S. The number of nitro benzene ring substituents is 1. The van der Waals surface area contributed by atoms with Crippen LogP contribution in [-0.2, 0) is 0 Å². The van der Waals surface area contributed by atoms with Gasteiger partial charge in [-0.15, -0.1) is 11.3 Å². The zero-order valence-corrected chi connectivity index (χ0v) is 16.2. The Hall–Kier alpha value is -3.46. The molecule has 8 nitrogen and oxygen atoms in total. The Kier molecular flexibility index (Phi) is 5.13. The number of nitrogens with one attached hydrogen (secondary N) is 1. The minimum Gasteiger partial charge on any atom is -0.334 e. The Morgan fingerprint density at radius 2 is 1.66 bits per heavy atom. The molecule has 1 saturated heterocycles. The number of anilines is 1. The quantitative estimate of drug-likeness (QED) is 0.525. The number of benzene rings is 2. The molecule has 0 aliphatic carbocycles. The maximum Gasteiger partial charge on any atom is 0.321 e. The van der Waals surface area contributed by atoms with Crippen molar-refractivity contribution < 1.29 is 14.5 Å². The third-order valence-electron chi connectivity index (χ3n) is 4.80. The second kappa shape index (κ2) is 7.88. The van der Waals surface area contributed by atoms with Gasteiger partial charge in [-0.2, -0.15) is 0 Å². The van der Waals surface area contributed by atoms with Gasteiger partial charge in [0.25, 0.3) is 11.6 Å². The molecule has 1 aromatic heterocycles. The molecule has 0 bridgehead atoms. The fourth-order valence-electron chi connectivity index (χ4n) is 3.24. The van der Waals surface area contributed by atoms with E-state index in [1.54, 1.807) is 21.9 Å². The number of rotatable bonds is 3. The first-order valence-corrected chi connectivity index (χ1v) is 9.91. The third-order valence-corrected chi connectivity index (χ3v) is 5.90. The molecule has 1 fully saturated rings. The lowest BCUT2D eigenvalue weighted by Gasteiger charge is -2.34. The lowest BCUT2D eigenvalue weighted by Crippen LogP contribution is -2.51. The Bertz CT molecular complexity index is 1070. The van der Waals surface area contributed by atoms with Gasteiger partial charge in [0.05, 0.1) is 9.80 Å². The molecule has 3 amide bonds. The highest BCUT2D eigenvalue weighted by Crippen LogP contribution is 2.30. The number of fused-ring (bicyclic) bond motifs is 1. The average Bonchev–Trinajstić information content (AvgIpc) is 3.17. The van der Waals surface area contributed by atoms with Crippen LogP contribution < -0.4 is 5.32 Å². The van der Waals surface area contributed by atoms with Gasteiger partial charge in [-0.05, 0) is 24.3 Å². The van der Waals surface area contributed by atoms with E-state index in [0.717, 1.165) is 10.4 Å². The average molecular weight is 410 g/mol. The van der Waals surface area contributed by atoms with Crippen molar-refractivity contribution in [1.29, 1.82) is 0 Å². The van der Waals surface area contributed by atoms with Crippen LogP contribution in [-0.4, -0.2) is 52.8 Å². The first kappa shape index (κ1) is 18.9. The molecule has 2 aromatic carbocycles. The van der Waals surface area contributed by atoms with Gasteiger partial charge >= 0.3 is 6.03 Å². The number of hydrogen-bond acceptors (Lipinski definition) is 5. The Balaban J connectivity index is 1.39. The summed E-state index contributed by atoms with van der Waals surface area (Å²) in [6.07, 6.45) is 0. The van der Waals surface area contributed by atoms with E-state index >= 15 is 0 Å². The number of thiophene rings is 1. The van der Waals surface area contributed by atoms with Gasteiger partial charge in [0.15, 0.2) is 0 Å².